The van der Waals surface area contributed by atoms with Crippen LogP contribution >= 0.6 is 11.6 Å². The molecule has 0 unspecified atom stereocenters. The molecule has 0 aliphatic rings. The van der Waals surface area contributed by atoms with Gasteiger partial charge in [-0.15, -0.1) is 0 Å². The van der Waals surface area contributed by atoms with Gasteiger partial charge in [0.1, 0.15) is 0 Å². The highest BCUT2D eigenvalue weighted by molar-refractivity contribution is 6.28. The van der Waals surface area contributed by atoms with Gasteiger partial charge in [-0.2, -0.15) is 9.97 Å². The lowest BCUT2D eigenvalue weighted by atomic mass is 10.0. The van der Waals surface area contributed by atoms with Gasteiger partial charge in [0, 0.05) is 11.1 Å². The Labute approximate surface area is 211 Å². The van der Waals surface area contributed by atoms with Gasteiger partial charge in [0.05, 0.1) is 24.7 Å². The Morgan fingerprint density at radius 3 is 1.55 bits per heavy atom. The smallest absolute Gasteiger partial charge is 0.208 e. The van der Waals surface area contributed by atoms with Crippen LogP contribution < -0.4 is 0 Å². The summed E-state index contributed by atoms with van der Waals surface area (Å²) in [6, 6.07) is -14.2. The van der Waals surface area contributed by atoms with Crippen molar-refractivity contribution in [1.29, 1.82) is 0 Å². The molecule has 31 heavy (non-hydrogen) atoms. The Morgan fingerprint density at radius 2 is 0.903 bits per heavy atom. The van der Waals surface area contributed by atoms with Crippen LogP contribution in [0.15, 0.2) is 109 Å². The van der Waals surface area contributed by atoms with Gasteiger partial charge >= 0.3 is 0 Å². The van der Waals surface area contributed by atoms with Gasteiger partial charge in [0.15, 0.2) is 11.6 Å². The summed E-state index contributed by atoms with van der Waals surface area (Å²) in [6.07, 6.45) is 0. The molecule has 4 heteroatoms. The molecule has 0 spiro atoms. The van der Waals surface area contributed by atoms with Crippen LogP contribution in [-0.2, 0) is 0 Å². The number of benzene rings is 4. The summed E-state index contributed by atoms with van der Waals surface area (Å²) >= 11 is 6.17. The van der Waals surface area contributed by atoms with Gasteiger partial charge in [0.2, 0.25) is 5.28 Å². The summed E-state index contributed by atoms with van der Waals surface area (Å²) in [5.41, 5.74) is -3.59. The van der Waals surface area contributed by atoms with E-state index in [9.17, 15) is 0 Å². The Bertz CT molecular complexity index is 2210. The predicted molar refractivity (Wildman–Crippen MR) is 127 cm³/mol. The van der Waals surface area contributed by atoms with Crippen molar-refractivity contribution < 1.29 is 24.7 Å². The number of halogens is 1. The second-order valence-corrected chi connectivity index (χ2v) is 6.09. The van der Waals surface area contributed by atoms with Crippen molar-refractivity contribution in [3.63, 3.8) is 0 Å². The van der Waals surface area contributed by atoms with Crippen LogP contribution in [0.2, 0.25) is 5.28 Å². The van der Waals surface area contributed by atoms with Gasteiger partial charge in [-0.05, 0) is 39.9 Å². The van der Waals surface area contributed by atoms with E-state index in [1.54, 1.807) is 0 Å². The number of hydrogen-bond acceptors (Lipinski definition) is 3. The van der Waals surface area contributed by atoms with Gasteiger partial charge in [0.25, 0.3) is 0 Å². The molecule has 0 saturated heterocycles. The van der Waals surface area contributed by atoms with Crippen molar-refractivity contribution in [3.05, 3.63) is 114 Å². The quantitative estimate of drug-likeness (QED) is 0.298. The van der Waals surface area contributed by atoms with E-state index in [0.29, 0.717) is 0 Å². The number of hydrogen-bond donors (Lipinski definition) is 0. The first-order valence-corrected chi connectivity index (χ1v) is 8.91. The Morgan fingerprint density at radius 1 is 0.452 bits per heavy atom. The SMILES string of the molecule is [2H]c1c([2H])c([2H])c(-c2c([2H])c([2H])c(-c3nc(Cl)nc(-c4c([2H])c([2H])c([2H])c(-c5c([2H])c([2H])c([2H])c([2H])c5[2H])c4[2H])n3)c([2H])c2[2H])c([2H])c1[2H]. The van der Waals surface area contributed by atoms with Crippen molar-refractivity contribution in [1.82, 2.24) is 15.0 Å². The van der Waals surface area contributed by atoms with E-state index in [0.717, 1.165) is 0 Å². The molecule has 3 nitrogen and oxygen atoms in total. The van der Waals surface area contributed by atoms with E-state index >= 15 is 0 Å². The van der Waals surface area contributed by atoms with Crippen LogP contribution in [0.3, 0.4) is 0 Å². The molecule has 0 fully saturated rings. The highest BCUT2D eigenvalue weighted by Crippen LogP contribution is 2.27. The van der Waals surface area contributed by atoms with Crippen molar-refractivity contribution >= 4 is 11.6 Å². The normalized spacial score (nSPS) is 18.9. The third kappa shape index (κ3) is 4.23. The standard InChI is InChI=1S/C27H18ClN3/c28-27-30-25(22-16-14-21(15-17-22)19-8-3-1-4-9-19)29-26(31-27)24-13-7-12-23(18-24)20-10-5-2-6-11-20/h1-18H/i1D,2D,3D,4D,5D,6D,7D,8D,9D,10D,11D,12D,13D,14D,15D,16D,17D,18D. The van der Waals surface area contributed by atoms with Crippen molar-refractivity contribution in [2.45, 2.75) is 0 Å². The molecule has 0 radical (unpaired) electrons. The fourth-order valence-corrected chi connectivity index (χ4v) is 2.61. The van der Waals surface area contributed by atoms with E-state index in [1.807, 2.05) is 0 Å². The Hall–Kier alpha value is -3.82. The number of nitrogens with zero attached hydrogens (tertiary/aromatic N) is 3. The first kappa shape index (κ1) is 7.70. The average Bonchev–Trinajstić information content (AvgIpc) is 3.05. The molecule has 5 rings (SSSR count). The Kier molecular flexibility index (Phi) is 2.11. The maximum absolute atomic E-state index is 8.88. The fourth-order valence-electron chi connectivity index (χ4n) is 2.45. The lowest BCUT2D eigenvalue weighted by Crippen LogP contribution is -1.97. The summed E-state index contributed by atoms with van der Waals surface area (Å²) in [6.45, 7) is 0. The van der Waals surface area contributed by atoms with E-state index < -0.39 is 159 Å². The molecule has 4 aromatic carbocycles. The molecule has 1 heterocycles. The van der Waals surface area contributed by atoms with Crippen LogP contribution in [0.25, 0.3) is 45.0 Å². The molecule has 0 bridgehead atoms. The summed E-state index contributed by atoms with van der Waals surface area (Å²) < 4.78 is 150. The minimum atomic E-state index is -0.835. The zero-order valence-electron chi connectivity index (χ0n) is 33.2. The van der Waals surface area contributed by atoms with Crippen molar-refractivity contribution in [3.8, 4) is 45.0 Å². The van der Waals surface area contributed by atoms with Crippen LogP contribution in [0.5, 0.6) is 0 Å². The first-order chi connectivity index (χ1) is 22.8. The summed E-state index contributed by atoms with van der Waals surface area (Å²) in [4.78, 5) is 11.9. The van der Waals surface area contributed by atoms with Crippen molar-refractivity contribution in [2.24, 2.45) is 0 Å². The molecule has 148 valence electrons. The molecular formula is C27H18ClN3. The summed E-state index contributed by atoms with van der Waals surface area (Å²) in [5, 5.41) is -0.642. The van der Waals surface area contributed by atoms with Gasteiger partial charge < -0.3 is 0 Å². The molecule has 0 N–H and O–H groups in total. The second kappa shape index (κ2) is 8.50. The third-order valence-electron chi connectivity index (χ3n) is 3.81. The van der Waals surface area contributed by atoms with E-state index in [-0.39, 0.29) is 0 Å². The highest BCUT2D eigenvalue weighted by Gasteiger charge is 2.11. The van der Waals surface area contributed by atoms with Crippen LogP contribution in [-0.4, -0.2) is 15.0 Å². The van der Waals surface area contributed by atoms with Crippen molar-refractivity contribution in [2.75, 3.05) is 0 Å². The minimum Gasteiger partial charge on any atom is -0.208 e. The lowest BCUT2D eigenvalue weighted by molar-refractivity contribution is 1.07. The third-order valence-corrected chi connectivity index (χ3v) is 3.97. The minimum absolute atomic E-state index is 0.583. The molecule has 5 aromatic rings. The van der Waals surface area contributed by atoms with E-state index in [4.69, 9.17) is 36.3 Å². The largest absolute Gasteiger partial charge is 0.226 e. The predicted octanol–water partition coefficient (Wildman–Crippen LogP) is 7.19. The molecule has 0 aliphatic carbocycles. The molecule has 0 atom stereocenters. The van der Waals surface area contributed by atoms with Gasteiger partial charge in [-0.3, -0.25) is 0 Å². The molecule has 1 aromatic heterocycles. The molecule has 0 aliphatic heterocycles. The van der Waals surface area contributed by atoms with Crippen LogP contribution in [0.4, 0.5) is 0 Å². The lowest BCUT2D eigenvalue weighted by Gasteiger charge is -2.08. The fraction of sp³-hybridized carbons (Fsp3) is 0. The van der Waals surface area contributed by atoms with Gasteiger partial charge in [-0.1, -0.05) is 103 Å². The number of rotatable bonds is 4. The highest BCUT2D eigenvalue weighted by atomic mass is 35.5. The molecular weight excluding hydrogens is 402 g/mol. The Balaban J connectivity index is 1.82. The monoisotopic (exact) mass is 437 g/mol. The summed E-state index contributed by atoms with van der Waals surface area (Å²) in [5.74, 6) is -1.25. The maximum Gasteiger partial charge on any atom is 0.226 e. The topological polar surface area (TPSA) is 38.7 Å². The summed E-state index contributed by atoms with van der Waals surface area (Å²) in [7, 11) is 0. The molecule has 0 amide bonds. The second-order valence-electron chi connectivity index (χ2n) is 5.75. The zero-order chi connectivity index (χ0) is 36.7. The van der Waals surface area contributed by atoms with E-state index in [2.05, 4.69) is 15.0 Å². The van der Waals surface area contributed by atoms with E-state index in [1.165, 1.54) is 0 Å². The van der Waals surface area contributed by atoms with Crippen LogP contribution in [0.1, 0.15) is 24.7 Å². The average molecular weight is 438 g/mol. The van der Waals surface area contributed by atoms with Crippen LogP contribution in [0, 0.1) is 0 Å². The maximum atomic E-state index is 8.88. The van der Waals surface area contributed by atoms with Gasteiger partial charge in [-0.25, -0.2) is 4.98 Å². The number of aromatic nitrogens is 3. The zero-order valence-corrected chi connectivity index (χ0v) is 16.0. The first-order valence-electron chi connectivity index (χ1n) is 17.5. The molecule has 0 saturated carbocycles.